The van der Waals surface area contributed by atoms with Crippen molar-refractivity contribution in [2.45, 2.75) is 57.5 Å². The normalized spacial score (nSPS) is 18.8. The molecule has 2 unspecified atom stereocenters. The van der Waals surface area contributed by atoms with Crippen LogP contribution in [0.4, 0.5) is 0 Å². The molecule has 5 aromatic rings. The van der Waals surface area contributed by atoms with Gasteiger partial charge in [0, 0.05) is 43.3 Å². The second kappa shape index (κ2) is 14.1. The molecule has 0 amide bonds. The maximum absolute atomic E-state index is 12.3. The van der Waals surface area contributed by atoms with Crippen molar-refractivity contribution < 1.29 is 28.8 Å². The lowest BCUT2D eigenvalue weighted by molar-refractivity contribution is -0.0589. The molecule has 3 aliphatic heterocycles. The van der Waals surface area contributed by atoms with Crippen molar-refractivity contribution in [1.82, 2.24) is 19.4 Å². The van der Waals surface area contributed by atoms with Crippen LogP contribution >= 0.6 is 0 Å². The van der Waals surface area contributed by atoms with Crippen LogP contribution in [-0.2, 0) is 30.7 Å². The number of carboxylic acid groups (broad SMARTS) is 1. The van der Waals surface area contributed by atoms with Gasteiger partial charge in [-0.15, -0.1) is 0 Å². The van der Waals surface area contributed by atoms with Gasteiger partial charge in [0.2, 0.25) is 5.88 Å². The number of rotatable bonds is 7. The Labute approximate surface area is 296 Å². The number of hydrogen-bond acceptors (Lipinski definition) is 9. The Hall–Kier alpha value is -5.44. The van der Waals surface area contributed by atoms with Gasteiger partial charge in [-0.05, 0) is 80.3 Å². The summed E-state index contributed by atoms with van der Waals surface area (Å²) in [7, 11) is 2.06. The van der Waals surface area contributed by atoms with Gasteiger partial charge in [0.1, 0.15) is 35.6 Å². The highest BCUT2D eigenvalue weighted by atomic mass is 16.5. The van der Waals surface area contributed by atoms with Crippen LogP contribution in [0.5, 0.6) is 17.4 Å². The van der Waals surface area contributed by atoms with Gasteiger partial charge in [-0.25, -0.2) is 14.8 Å². The van der Waals surface area contributed by atoms with Crippen LogP contribution in [0.1, 0.15) is 57.7 Å². The smallest absolute Gasteiger partial charge is 0.335 e. The van der Waals surface area contributed by atoms with Crippen LogP contribution in [0.2, 0.25) is 0 Å². The predicted molar refractivity (Wildman–Crippen MR) is 189 cm³/mol. The summed E-state index contributed by atoms with van der Waals surface area (Å²) in [5, 5.41) is 19.6. The minimum atomic E-state index is -1.01. The van der Waals surface area contributed by atoms with Gasteiger partial charge in [0.15, 0.2) is 0 Å². The number of imidazole rings is 1. The summed E-state index contributed by atoms with van der Waals surface area (Å²) in [6, 6.07) is 23.1. The summed E-state index contributed by atoms with van der Waals surface area (Å²) in [6.45, 7) is 3.76. The summed E-state index contributed by atoms with van der Waals surface area (Å²) in [4.78, 5) is 24.5. The lowest BCUT2D eigenvalue weighted by Crippen LogP contribution is -2.31. The largest absolute Gasteiger partial charge is 0.493 e. The number of benzene rings is 3. The number of hydrogen-bond donors (Lipinski definition) is 1. The number of carboxylic acids is 1. The van der Waals surface area contributed by atoms with E-state index in [2.05, 4.69) is 28.7 Å². The molecule has 3 aliphatic rings. The van der Waals surface area contributed by atoms with Crippen molar-refractivity contribution in [3.63, 3.8) is 0 Å². The number of aromatic nitrogens is 3. The third-order valence-corrected chi connectivity index (χ3v) is 9.96. The number of likely N-dealkylation sites (N-methyl/N-ethyl adjacent to an activating group) is 1. The second-order valence-corrected chi connectivity index (χ2v) is 13.6. The van der Waals surface area contributed by atoms with Gasteiger partial charge >= 0.3 is 5.97 Å². The van der Waals surface area contributed by atoms with Crippen LogP contribution in [-0.4, -0.2) is 76.1 Å². The number of ether oxygens (including phenoxy) is 4. The standard InChI is InChI=1S/C40H39N5O6/c1-44-13-11-32(22-44)51-36-19-30(40(46)47)17-34-39(36)43-37(45(34)23-31-12-15-48-31)20-28-10-9-27-18-35(28)49-14-3-4-26-16-25(21-41)7-8-29(26)24-50-38-6-2-5-33(27)42-38/h2,5-10,16-19,31-32H,3-4,11-15,20,22-24H2,1H3,(H,46,47). The first-order valence-corrected chi connectivity index (χ1v) is 17.5. The van der Waals surface area contributed by atoms with E-state index in [1.807, 2.05) is 48.5 Å². The fourth-order valence-corrected chi connectivity index (χ4v) is 7.08. The van der Waals surface area contributed by atoms with Gasteiger partial charge in [-0.2, -0.15) is 5.26 Å². The first kappa shape index (κ1) is 32.7. The number of nitrogens with zero attached hydrogens (tertiary/aromatic N) is 5. The van der Waals surface area contributed by atoms with E-state index in [1.54, 1.807) is 12.1 Å². The molecule has 3 aromatic carbocycles. The van der Waals surface area contributed by atoms with E-state index in [1.165, 1.54) is 0 Å². The van der Waals surface area contributed by atoms with Crippen molar-refractivity contribution in [2.24, 2.45) is 0 Å². The van der Waals surface area contributed by atoms with E-state index in [4.69, 9.17) is 28.9 Å². The highest BCUT2D eigenvalue weighted by Gasteiger charge is 2.27. The summed E-state index contributed by atoms with van der Waals surface area (Å²) in [5.74, 6) is 1.48. The molecule has 2 aromatic heterocycles. The molecule has 4 bridgehead atoms. The third kappa shape index (κ3) is 6.98. The van der Waals surface area contributed by atoms with Crippen LogP contribution < -0.4 is 14.2 Å². The van der Waals surface area contributed by atoms with Crippen LogP contribution in [0.3, 0.4) is 0 Å². The number of aryl methyl sites for hydroxylation is 1. The van der Waals surface area contributed by atoms with Crippen molar-refractivity contribution in [3.05, 3.63) is 100 Å². The Morgan fingerprint density at radius 1 is 1.04 bits per heavy atom. The average molecular weight is 686 g/mol. The van der Waals surface area contributed by atoms with Gasteiger partial charge in [0.05, 0.1) is 47.7 Å². The average Bonchev–Trinajstić information content (AvgIpc) is 3.69. The highest BCUT2D eigenvalue weighted by Crippen LogP contribution is 2.35. The van der Waals surface area contributed by atoms with E-state index in [0.29, 0.717) is 61.0 Å². The van der Waals surface area contributed by atoms with Crippen molar-refractivity contribution in [1.29, 1.82) is 5.26 Å². The van der Waals surface area contributed by atoms with Gasteiger partial charge < -0.3 is 33.5 Å². The minimum Gasteiger partial charge on any atom is -0.493 e. The predicted octanol–water partition coefficient (Wildman–Crippen LogP) is 6.03. The van der Waals surface area contributed by atoms with Crippen molar-refractivity contribution in [3.8, 4) is 34.7 Å². The molecular formula is C40H39N5O6. The lowest BCUT2D eigenvalue weighted by atomic mass is 10.0. The maximum Gasteiger partial charge on any atom is 0.335 e. The maximum atomic E-state index is 12.3. The molecule has 0 spiro atoms. The van der Waals surface area contributed by atoms with Crippen molar-refractivity contribution in [2.75, 3.05) is 33.4 Å². The van der Waals surface area contributed by atoms with E-state index in [-0.39, 0.29) is 17.8 Å². The van der Waals surface area contributed by atoms with E-state index >= 15 is 0 Å². The molecule has 51 heavy (non-hydrogen) atoms. The Morgan fingerprint density at radius 3 is 2.73 bits per heavy atom. The Bertz CT molecular complexity index is 2150. The minimum absolute atomic E-state index is 0.0177. The monoisotopic (exact) mass is 685 g/mol. The summed E-state index contributed by atoms with van der Waals surface area (Å²) < 4.78 is 27.1. The molecule has 2 atom stereocenters. The van der Waals surface area contributed by atoms with E-state index < -0.39 is 5.97 Å². The third-order valence-electron chi connectivity index (χ3n) is 9.96. The fraction of sp³-hybridized carbons (Fsp3) is 0.350. The van der Waals surface area contributed by atoms with Gasteiger partial charge in [-0.3, -0.25) is 0 Å². The summed E-state index contributed by atoms with van der Waals surface area (Å²) >= 11 is 0. The first-order chi connectivity index (χ1) is 24.9. The molecule has 11 heteroatoms. The number of pyridine rings is 1. The zero-order valence-corrected chi connectivity index (χ0v) is 28.5. The van der Waals surface area contributed by atoms with Gasteiger partial charge in [0.25, 0.3) is 0 Å². The molecule has 2 fully saturated rings. The number of nitriles is 1. The molecule has 11 nitrogen and oxygen atoms in total. The molecule has 0 saturated carbocycles. The second-order valence-electron chi connectivity index (χ2n) is 13.6. The zero-order chi connectivity index (χ0) is 34.9. The Morgan fingerprint density at radius 2 is 1.94 bits per heavy atom. The number of aromatic carboxylic acids is 1. The summed E-state index contributed by atoms with van der Waals surface area (Å²) in [5.41, 5.74) is 6.80. The molecular weight excluding hydrogens is 646 g/mol. The molecule has 2 saturated heterocycles. The van der Waals surface area contributed by atoms with Crippen LogP contribution in [0, 0.1) is 11.3 Å². The molecule has 1 N–H and O–H groups in total. The Kier molecular flexibility index (Phi) is 9.02. The SMILES string of the molecule is CN1CCC(Oc2cc(C(=O)O)cc3c2nc(Cc2ccc4cc2OCCCc2cc(C#N)ccc2COc2cccc-4n2)n3CC2CCO2)C1. The molecule has 260 valence electrons. The number of likely N-dealkylation sites (tertiary alicyclic amines) is 1. The molecule has 8 rings (SSSR count). The molecule has 5 heterocycles. The summed E-state index contributed by atoms with van der Waals surface area (Å²) in [6.07, 6.45) is 3.66. The lowest BCUT2D eigenvalue weighted by Gasteiger charge is -2.27. The number of fused-ring (bicyclic) bond motifs is 7. The quantitative estimate of drug-likeness (QED) is 0.217. The van der Waals surface area contributed by atoms with E-state index in [9.17, 15) is 15.2 Å². The number of carbonyl (C=O) groups is 1. The van der Waals surface area contributed by atoms with Crippen LogP contribution in [0.15, 0.2) is 66.7 Å². The van der Waals surface area contributed by atoms with Crippen molar-refractivity contribution >= 4 is 17.0 Å². The fourth-order valence-electron chi connectivity index (χ4n) is 7.08. The zero-order valence-electron chi connectivity index (χ0n) is 28.5. The molecule has 0 aliphatic carbocycles. The topological polar surface area (TPSA) is 132 Å². The molecule has 0 radical (unpaired) electrons. The highest BCUT2D eigenvalue weighted by molar-refractivity contribution is 5.95. The van der Waals surface area contributed by atoms with Gasteiger partial charge in [-0.1, -0.05) is 24.3 Å². The first-order valence-electron chi connectivity index (χ1n) is 17.5. The Balaban J connectivity index is 1.17. The van der Waals surface area contributed by atoms with Crippen LogP contribution in [0.25, 0.3) is 22.3 Å². The van der Waals surface area contributed by atoms with E-state index in [0.717, 1.165) is 78.3 Å².